The van der Waals surface area contributed by atoms with E-state index in [1.54, 1.807) is 0 Å². The van der Waals surface area contributed by atoms with Crippen LogP contribution in [0, 0.1) is 0 Å². The molecule has 3 radical (unpaired) electrons. The van der Waals surface area contributed by atoms with Crippen molar-refractivity contribution in [2.45, 2.75) is 38.9 Å². The normalized spacial score (nSPS) is 12.0. The number of hydrogen-bond acceptors (Lipinski definition) is 1. The van der Waals surface area contributed by atoms with E-state index >= 15 is 0 Å². The molecule has 0 rings (SSSR count). The molecule has 0 saturated carbocycles. The standard InChI is InChI=1S/C6H15GeOSi/c1-4-9(5-2,6-3)8-7/h4-6H2,1-3H3. The Hall–Kier alpha value is 0.720. The maximum absolute atomic E-state index is 5.52. The molecular weight excluding hydrogens is 189 g/mol. The molecule has 1 nitrogen and oxygen atoms in total. The molecule has 53 valence electrons. The van der Waals surface area contributed by atoms with Gasteiger partial charge in [0.25, 0.3) is 0 Å². The van der Waals surface area contributed by atoms with Crippen LogP contribution in [0.5, 0.6) is 0 Å². The van der Waals surface area contributed by atoms with Crippen LogP contribution < -0.4 is 0 Å². The first-order chi connectivity index (χ1) is 4.24. The second-order valence-corrected chi connectivity index (χ2v) is 8.32. The molecule has 0 aromatic rings. The summed E-state index contributed by atoms with van der Waals surface area (Å²) in [6, 6.07) is 3.78. The molecule has 0 unspecified atom stereocenters. The summed E-state index contributed by atoms with van der Waals surface area (Å²) in [6.07, 6.45) is 0. The van der Waals surface area contributed by atoms with Crippen molar-refractivity contribution in [3.8, 4) is 0 Å². The van der Waals surface area contributed by atoms with E-state index in [4.69, 9.17) is 3.45 Å². The first kappa shape index (κ1) is 9.72. The Morgan fingerprint density at radius 2 is 1.44 bits per heavy atom. The zero-order valence-corrected chi connectivity index (χ0v) is 9.63. The van der Waals surface area contributed by atoms with Gasteiger partial charge in [0, 0.05) is 0 Å². The molecular formula is C6H15GeOSi. The van der Waals surface area contributed by atoms with E-state index in [2.05, 4.69) is 20.8 Å². The first-order valence-electron chi connectivity index (χ1n) is 3.59. The Labute approximate surface area is 67.9 Å². The van der Waals surface area contributed by atoms with Crippen LogP contribution in [-0.4, -0.2) is 25.2 Å². The predicted molar refractivity (Wildman–Crippen MR) is 44.0 cm³/mol. The SMILES string of the molecule is CC[Si](CC)(CC)[O][Ge]. The predicted octanol–water partition coefficient (Wildman–Crippen LogP) is 2.09. The monoisotopic (exact) mass is 205 g/mol. The van der Waals surface area contributed by atoms with Gasteiger partial charge >= 0.3 is 67.5 Å². The molecule has 0 N–H and O–H groups in total. The van der Waals surface area contributed by atoms with Crippen molar-refractivity contribution >= 4 is 25.2 Å². The van der Waals surface area contributed by atoms with Gasteiger partial charge in [-0.05, 0) is 0 Å². The molecule has 0 heterocycles. The summed E-state index contributed by atoms with van der Waals surface area (Å²) in [4.78, 5) is 0. The van der Waals surface area contributed by atoms with Gasteiger partial charge in [0.2, 0.25) is 0 Å². The first-order valence-corrected chi connectivity index (χ1v) is 6.98. The summed E-state index contributed by atoms with van der Waals surface area (Å²) in [6.45, 7) is 6.72. The van der Waals surface area contributed by atoms with Crippen LogP contribution >= 0.6 is 0 Å². The summed E-state index contributed by atoms with van der Waals surface area (Å²) in [7, 11) is -1.19. The van der Waals surface area contributed by atoms with Gasteiger partial charge in [0.05, 0.1) is 0 Å². The topological polar surface area (TPSA) is 9.23 Å². The van der Waals surface area contributed by atoms with E-state index < -0.39 is 8.32 Å². The van der Waals surface area contributed by atoms with Gasteiger partial charge in [-0.1, -0.05) is 0 Å². The van der Waals surface area contributed by atoms with Crippen LogP contribution in [0.15, 0.2) is 0 Å². The van der Waals surface area contributed by atoms with E-state index in [1.807, 2.05) is 16.9 Å². The number of rotatable bonds is 4. The van der Waals surface area contributed by atoms with Crippen molar-refractivity contribution in [2.24, 2.45) is 0 Å². The van der Waals surface area contributed by atoms with Crippen molar-refractivity contribution in [3.05, 3.63) is 0 Å². The summed E-state index contributed by atoms with van der Waals surface area (Å²) in [5.74, 6) is 0. The Balaban J connectivity index is 3.82. The van der Waals surface area contributed by atoms with Crippen LogP contribution in [0.25, 0.3) is 0 Å². The third-order valence-electron chi connectivity index (χ3n) is 2.15. The van der Waals surface area contributed by atoms with E-state index in [1.165, 1.54) is 18.1 Å². The fourth-order valence-electron chi connectivity index (χ4n) is 0.967. The minimum atomic E-state index is -1.19. The van der Waals surface area contributed by atoms with E-state index in [0.29, 0.717) is 0 Å². The average Bonchev–Trinajstić information content (AvgIpc) is 1.95. The molecule has 0 saturated heterocycles. The summed E-state index contributed by atoms with van der Waals surface area (Å²) in [5.41, 5.74) is 0. The van der Waals surface area contributed by atoms with Crippen molar-refractivity contribution in [1.29, 1.82) is 0 Å². The number of hydrogen-bond donors (Lipinski definition) is 0. The second kappa shape index (κ2) is 4.52. The van der Waals surface area contributed by atoms with Gasteiger partial charge < -0.3 is 0 Å². The summed E-state index contributed by atoms with van der Waals surface area (Å²) in [5, 5.41) is 0. The van der Waals surface area contributed by atoms with Crippen molar-refractivity contribution in [1.82, 2.24) is 0 Å². The second-order valence-electron chi connectivity index (χ2n) is 2.35. The van der Waals surface area contributed by atoms with Crippen LogP contribution in [0.2, 0.25) is 18.1 Å². The third-order valence-corrected chi connectivity index (χ3v) is 9.17. The molecule has 0 aliphatic rings. The minimum absolute atomic E-state index is 1.19. The average molecular weight is 204 g/mol. The molecule has 0 aliphatic heterocycles. The third kappa shape index (κ3) is 2.43. The van der Waals surface area contributed by atoms with Gasteiger partial charge in [0.15, 0.2) is 0 Å². The van der Waals surface area contributed by atoms with Gasteiger partial charge in [-0.3, -0.25) is 0 Å². The van der Waals surface area contributed by atoms with E-state index in [0.717, 1.165) is 0 Å². The maximum atomic E-state index is 5.52. The van der Waals surface area contributed by atoms with Crippen LogP contribution in [0.1, 0.15) is 20.8 Å². The Morgan fingerprint density at radius 3 is 1.44 bits per heavy atom. The molecule has 0 spiro atoms. The fraction of sp³-hybridized carbons (Fsp3) is 1.00. The molecule has 0 aromatic carbocycles. The summed E-state index contributed by atoms with van der Waals surface area (Å²) >= 11 is 1.86. The van der Waals surface area contributed by atoms with Crippen molar-refractivity contribution < 1.29 is 3.45 Å². The molecule has 9 heavy (non-hydrogen) atoms. The van der Waals surface area contributed by atoms with Gasteiger partial charge in [-0.2, -0.15) is 0 Å². The van der Waals surface area contributed by atoms with Crippen LogP contribution in [-0.2, 0) is 3.45 Å². The molecule has 0 fully saturated rings. The van der Waals surface area contributed by atoms with Crippen molar-refractivity contribution in [2.75, 3.05) is 0 Å². The fourth-order valence-corrected chi connectivity index (χ4v) is 5.62. The molecule has 0 aromatic heterocycles. The molecule has 3 heteroatoms. The van der Waals surface area contributed by atoms with Gasteiger partial charge in [0.1, 0.15) is 0 Å². The van der Waals surface area contributed by atoms with E-state index in [9.17, 15) is 0 Å². The van der Waals surface area contributed by atoms with E-state index in [-0.39, 0.29) is 0 Å². The zero-order valence-electron chi connectivity index (χ0n) is 6.53. The molecule has 0 atom stereocenters. The molecule has 0 bridgehead atoms. The molecule has 0 amide bonds. The Morgan fingerprint density at radius 1 is 1.11 bits per heavy atom. The van der Waals surface area contributed by atoms with Crippen LogP contribution in [0.3, 0.4) is 0 Å². The van der Waals surface area contributed by atoms with Crippen molar-refractivity contribution in [3.63, 3.8) is 0 Å². The van der Waals surface area contributed by atoms with Gasteiger partial charge in [-0.25, -0.2) is 0 Å². The zero-order chi connectivity index (χ0) is 7.33. The Kier molecular flexibility index (Phi) is 4.88. The Bertz CT molecular complexity index is 55.9. The van der Waals surface area contributed by atoms with Gasteiger partial charge in [-0.15, -0.1) is 0 Å². The quantitative estimate of drug-likeness (QED) is 0.637. The molecule has 0 aliphatic carbocycles. The summed E-state index contributed by atoms with van der Waals surface area (Å²) < 4.78 is 5.52. The van der Waals surface area contributed by atoms with Crippen LogP contribution in [0.4, 0.5) is 0 Å².